The van der Waals surface area contributed by atoms with E-state index in [1.165, 1.54) is 11.1 Å². The molecule has 0 unspecified atom stereocenters. The second kappa shape index (κ2) is 6.62. The summed E-state index contributed by atoms with van der Waals surface area (Å²) in [5.74, 6) is 0.824. The molecule has 3 rings (SSSR count). The zero-order valence-electron chi connectivity index (χ0n) is 12.6. The summed E-state index contributed by atoms with van der Waals surface area (Å²) in [4.78, 5) is 12.4. The monoisotopic (exact) mass is 296 g/mol. The van der Waals surface area contributed by atoms with Gasteiger partial charge in [-0.15, -0.1) is 0 Å². The van der Waals surface area contributed by atoms with E-state index in [-0.39, 0.29) is 11.9 Å². The predicted octanol–water partition coefficient (Wildman–Crippen LogP) is 2.03. The molecule has 0 spiro atoms. The molecule has 1 aliphatic rings. The van der Waals surface area contributed by atoms with Crippen molar-refractivity contribution in [1.82, 2.24) is 10.6 Å². The Hall–Kier alpha value is -2.33. The Bertz CT molecular complexity index is 670. The van der Waals surface area contributed by atoms with Crippen molar-refractivity contribution in [2.24, 2.45) is 0 Å². The van der Waals surface area contributed by atoms with Gasteiger partial charge in [0.25, 0.3) is 0 Å². The van der Waals surface area contributed by atoms with Gasteiger partial charge < -0.3 is 15.4 Å². The van der Waals surface area contributed by atoms with E-state index in [0.29, 0.717) is 6.54 Å². The highest BCUT2D eigenvalue weighted by atomic mass is 16.5. The third-order valence-corrected chi connectivity index (χ3v) is 4.04. The lowest BCUT2D eigenvalue weighted by molar-refractivity contribution is -0.123. The minimum Gasteiger partial charge on any atom is -0.496 e. The molecule has 0 bridgehead atoms. The van der Waals surface area contributed by atoms with Gasteiger partial charge in [0.1, 0.15) is 5.75 Å². The van der Waals surface area contributed by atoms with Crippen LogP contribution in [0.4, 0.5) is 0 Å². The summed E-state index contributed by atoms with van der Waals surface area (Å²) in [6.07, 6.45) is 0.730. The fourth-order valence-corrected chi connectivity index (χ4v) is 2.79. The Morgan fingerprint density at radius 1 is 1.18 bits per heavy atom. The Kier molecular flexibility index (Phi) is 4.39. The quantitative estimate of drug-likeness (QED) is 0.907. The normalized spacial score (nSPS) is 16.7. The number of methoxy groups -OCH3 is 1. The molecule has 4 heteroatoms. The van der Waals surface area contributed by atoms with Gasteiger partial charge in [-0.3, -0.25) is 4.79 Å². The first kappa shape index (κ1) is 14.6. The second-order valence-corrected chi connectivity index (χ2v) is 5.44. The lowest BCUT2D eigenvalue weighted by Gasteiger charge is -2.25. The number of hydrogen-bond acceptors (Lipinski definition) is 3. The third kappa shape index (κ3) is 3.12. The third-order valence-electron chi connectivity index (χ3n) is 4.04. The number of fused-ring (bicyclic) bond motifs is 1. The van der Waals surface area contributed by atoms with Gasteiger partial charge in [-0.25, -0.2) is 0 Å². The molecule has 1 atom stereocenters. The van der Waals surface area contributed by atoms with E-state index in [2.05, 4.69) is 22.8 Å². The number of amides is 1. The first-order valence-corrected chi connectivity index (χ1v) is 7.47. The number of hydrogen-bond donors (Lipinski definition) is 2. The molecular formula is C18H20N2O2. The van der Waals surface area contributed by atoms with E-state index in [1.807, 2.05) is 36.4 Å². The summed E-state index contributed by atoms with van der Waals surface area (Å²) < 4.78 is 5.30. The Balaban J connectivity index is 1.61. The Morgan fingerprint density at radius 2 is 1.91 bits per heavy atom. The zero-order chi connectivity index (χ0) is 15.4. The Morgan fingerprint density at radius 3 is 2.73 bits per heavy atom. The van der Waals surface area contributed by atoms with Gasteiger partial charge in [-0.05, 0) is 23.6 Å². The van der Waals surface area contributed by atoms with Crippen molar-refractivity contribution in [2.75, 3.05) is 7.11 Å². The maximum atomic E-state index is 12.4. The molecule has 0 fully saturated rings. The topological polar surface area (TPSA) is 50.4 Å². The second-order valence-electron chi connectivity index (χ2n) is 5.44. The fraction of sp³-hybridized carbons (Fsp3) is 0.278. The van der Waals surface area contributed by atoms with Crippen LogP contribution in [0, 0.1) is 0 Å². The van der Waals surface area contributed by atoms with E-state index >= 15 is 0 Å². The number of rotatable bonds is 4. The number of benzene rings is 2. The summed E-state index contributed by atoms with van der Waals surface area (Å²) >= 11 is 0. The van der Waals surface area contributed by atoms with Crippen LogP contribution in [-0.4, -0.2) is 19.1 Å². The number of nitrogens with one attached hydrogen (secondary N) is 2. The van der Waals surface area contributed by atoms with Gasteiger partial charge in [-0.1, -0.05) is 42.5 Å². The van der Waals surface area contributed by atoms with Crippen molar-refractivity contribution in [1.29, 1.82) is 0 Å². The van der Waals surface area contributed by atoms with Gasteiger partial charge in [0, 0.05) is 18.7 Å². The lowest BCUT2D eigenvalue weighted by Crippen LogP contribution is -2.47. The highest BCUT2D eigenvalue weighted by molar-refractivity contribution is 5.82. The molecule has 0 aliphatic carbocycles. The smallest absolute Gasteiger partial charge is 0.237 e. The van der Waals surface area contributed by atoms with Crippen molar-refractivity contribution in [2.45, 2.75) is 25.6 Å². The highest BCUT2D eigenvalue weighted by Gasteiger charge is 2.23. The summed E-state index contributed by atoms with van der Waals surface area (Å²) in [5, 5.41) is 6.29. The largest absolute Gasteiger partial charge is 0.496 e. The lowest BCUT2D eigenvalue weighted by atomic mass is 9.95. The molecule has 1 amide bonds. The number of carbonyl (C=O) groups is 1. The fourth-order valence-electron chi connectivity index (χ4n) is 2.79. The minimum absolute atomic E-state index is 0.0282. The van der Waals surface area contributed by atoms with E-state index in [4.69, 9.17) is 4.74 Å². The molecule has 2 aromatic carbocycles. The van der Waals surface area contributed by atoms with Gasteiger partial charge in [0.05, 0.1) is 13.2 Å². The molecule has 2 N–H and O–H groups in total. The van der Waals surface area contributed by atoms with Crippen LogP contribution in [0.5, 0.6) is 5.75 Å². The summed E-state index contributed by atoms with van der Waals surface area (Å²) in [6.45, 7) is 1.21. The molecule has 0 saturated heterocycles. The Labute approximate surface area is 130 Å². The molecule has 22 heavy (non-hydrogen) atoms. The molecule has 2 aromatic rings. The molecule has 0 radical (unpaired) electrons. The van der Waals surface area contributed by atoms with Crippen LogP contribution in [0.1, 0.15) is 16.7 Å². The molecular weight excluding hydrogens is 276 g/mol. The molecule has 1 aliphatic heterocycles. The van der Waals surface area contributed by atoms with Crippen LogP contribution >= 0.6 is 0 Å². The van der Waals surface area contributed by atoms with Crippen molar-refractivity contribution >= 4 is 5.91 Å². The SMILES string of the molecule is COc1ccccc1CNC(=O)[C@H]1Cc2ccccc2CN1. The zero-order valence-corrected chi connectivity index (χ0v) is 12.6. The number of carbonyl (C=O) groups excluding carboxylic acids is 1. The standard InChI is InChI=1S/C18H20N2O2/c1-22-17-9-5-4-8-15(17)12-20-18(21)16-10-13-6-2-3-7-14(13)11-19-16/h2-9,16,19H,10-12H2,1H3,(H,20,21)/t16-/m1/s1. The number of ether oxygens (including phenoxy) is 1. The first-order chi connectivity index (χ1) is 10.8. The van der Waals surface area contributed by atoms with Crippen LogP contribution in [-0.2, 0) is 24.3 Å². The van der Waals surface area contributed by atoms with E-state index in [9.17, 15) is 4.79 Å². The average molecular weight is 296 g/mol. The molecule has 0 saturated carbocycles. The van der Waals surface area contributed by atoms with Crippen LogP contribution in [0.15, 0.2) is 48.5 Å². The first-order valence-electron chi connectivity index (χ1n) is 7.47. The summed E-state index contributed by atoms with van der Waals surface area (Å²) in [5.41, 5.74) is 3.50. The highest BCUT2D eigenvalue weighted by Crippen LogP contribution is 2.18. The van der Waals surface area contributed by atoms with E-state index in [0.717, 1.165) is 24.3 Å². The maximum absolute atomic E-state index is 12.4. The van der Waals surface area contributed by atoms with Crippen molar-refractivity contribution in [3.8, 4) is 5.75 Å². The van der Waals surface area contributed by atoms with Crippen LogP contribution < -0.4 is 15.4 Å². The van der Waals surface area contributed by atoms with Crippen molar-refractivity contribution in [3.63, 3.8) is 0 Å². The molecule has 114 valence electrons. The van der Waals surface area contributed by atoms with E-state index < -0.39 is 0 Å². The van der Waals surface area contributed by atoms with Gasteiger partial charge >= 0.3 is 0 Å². The average Bonchev–Trinajstić information content (AvgIpc) is 2.59. The molecule has 4 nitrogen and oxygen atoms in total. The number of para-hydroxylation sites is 1. The molecule has 1 heterocycles. The van der Waals surface area contributed by atoms with E-state index in [1.54, 1.807) is 7.11 Å². The van der Waals surface area contributed by atoms with Crippen LogP contribution in [0.3, 0.4) is 0 Å². The van der Waals surface area contributed by atoms with Crippen LogP contribution in [0.2, 0.25) is 0 Å². The summed E-state index contributed by atoms with van der Waals surface area (Å²) in [6, 6.07) is 15.8. The molecule has 0 aromatic heterocycles. The predicted molar refractivity (Wildman–Crippen MR) is 85.6 cm³/mol. The van der Waals surface area contributed by atoms with Crippen molar-refractivity contribution < 1.29 is 9.53 Å². The van der Waals surface area contributed by atoms with Crippen molar-refractivity contribution in [3.05, 3.63) is 65.2 Å². The maximum Gasteiger partial charge on any atom is 0.237 e. The van der Waals surface area contributed by atoms with Gasteiger partial charge in [0.2, 0.25) is 5.91 Å². The summed E-state index contributed by atoms with van der Waals surface area (Å²) in [7, 11) is 1.64. The minimum atomic E-state index is -0.176. The van der Waals surface area contributed by atoms with Gasteiger partial charge in [-0.2, -0.15) is 0 Å². The van der Waals surface area contributed by atoms with Crippen LogP contribution in [0.25, 0.3) is 0 Å². The van der Waals surface area contributed by atoms with Gasteiger partial charge in [0.15, 0.2) is 0 Å².